The highest BCUT2D eigenvalue weighted by atomic mass is 35.5. The van der Waals surface area contributed by atoms with Gasteiger partial charge in [-0.05, 0) is 23.1 Å². The Hall–Kier alpha value is -0.310. The van der Waals surface area contributed by atoms with Crippen LogP contribution in [-0.4, -0.2) is 4.98 Å². The van der Waals surface area contributed by atoms with Gasteiger partial charge < -0.3 is 5.73 Å². The summed E-state index contributed by atoms with van der Waals surface area (Å²) in [5, 5.41) is 0.763. The van der Waals surface area contributed by atoms with Gasteiger partial charge in [0.25, 0.3) is 0 Å². The van der Waals surface area contributed by atoms with Crippen molar-refractivity contribution in [2.24, 2.45) is 11.1 Å². The number of aromatic nitrogens is 1. The molecule has 0 spiro atoms. The van der Waals surface area contributed by atoms with Crippen molar-refractivity contribution in [2.75, 3.05) is 0 Å². The van der Waals surface area contributed by atoms with E-state index in [0.717, 1.165) is 5.56 Å². The molecule has 0 amide bonds. The van der Waals surface area contributed by atoms with Gasteiger partial charge in [0, 0.05) is 6.04 Å². The fraction of sp³-hybridized carbons (Fsp3) is 0.500. The molecule has 2 nitrogen and oxygen atoms in total. The molecule has 4 heteroatoms. The molecule has 1 aromatic heterocycles. The van der Waals surface area contributed by atoms with Gasteiger partial charge in [-0.2, -0.15) is 0 Å². The zero-order chi connectivity index (χ0) is 10.9. The van der Waals surface area contributed by atoms with Gasteiger partial charge in [0.05, 0.1) is 0 Å². The molecular weight excluding hydrogens is 219 g/mol. The van der Waals surface area contributed by atoms with Crippen LogP contribution in [0.4, 0.5) is 0 Å². The molecule has 2 N–H and O–H groups in total. The molecule has 0 aromatic carbocycles. The number of hydrogen-bond donors (Lipinski definition) is 1. The van der Waals surface area contributed by atoms with Crippen LogP contribution in [0, 0.1) is 5.41 Å². The third-order valence-electron chi connectivity index (χ3n) is 2.08. The van der Waals surface area contributed by atoms with Gasteiger partial charge in [0.2, 0.25) is 0 Å². The summed E-state index contributed by atoms with van der Waals surface area (Å²) in [5.41, 5.74) is 6.96. The van der Waals surface area contributed by atoms with Crippen LogP contribution in [0.3, 0.4) is 0 Å². The minimum Gasteiger partial charge on any atom is -0.324 e. The molecule has 1 heterocycles. The van der Waals surface area contributed by atoms with Crippen LogP contribution >= 0.6 is 23.2 Å². The van der Waals surface area contributed by atoms with Gasteiger partial charge in [0.1, 0.15) is 10.3 Å². The van der Waals surface area contributed by atoms with Gasteiger partial charge in [-0.3, -0.25) is 0 Å². The molecule has 0 radical (unpaired) electrons. The number of pyridine rings is 1. The minimum atomic E-state index is -0.0968. The molecule has 1 rings (SSSR count). The van der Waals surface area contributed by atoms with Crippen LogP contribution < -0.4 is 5.73 Å². The third-order valence-corrected chi connectivity index (χ3v) is 2.46. The van der Waals surface area contributed by atoms with E-state index in [1.54, 1.807) is 12.1 Å². The van der Waals surface area contributed by atoms with Crippen molar-refractivity contribution >= 4 is 23.2 Å². The van der Waals surface area contributed by atoms with E-state index in [-0.39, 0.29) is 11.5 Å². The summed E-state index contributed by atoms with van der Waals surface area (Å²) in [6, 6.07) is 3.41. The molecule has 0 aliphatic rings. The second-order valence-corrected chi connectivity index (χ2v) is 5.16. The van der Waals surface area contributed by atoms with E-state index in [2.05, 4.69) is 25.8 Å². The number of rotatable bonds is 1. The summed E-state index contributed by atoms with van der Waals surface area (Å²) in [7, 11) is 0. The van der Waals surface area contributed by atoms with Gasteiger partial charge in [0.15, 0.2) is 0 Å². The first-order valence-electron chi connectivity index (χ1n) is 4.39. The average Bonchev–Trinajstić information content (AvgIpc) is 1.99. The fourth-order valence-corrected chi connectivity index (χ4v) is 1.64. The minimum absolute atomic E-state index is 0.0198. The first kappa shape index (κ1) is 11.8. The van der Waals surface area contributed by atoms with Crippen molar-refractivity contribution in [1.29, 1.82) is 0 Å². The van der Waals surface area contributed by atoms with Crippen LogP contribution in [0.1, 0.15) is 32.4 Å². The van der Waals surface area contributed by atoms with Gasteiger partial charge >= 0.3 is 0 Å². The standard InChI is InChI=1S/C10H14Cl2N2/c1-10(2,3)9(13)6-4-7(11)14-8(12)5-6/h4-5,9H,13H2,1-3H3/t9-/m0/s1. The van der Waals surface area contributed by atoms with E-state index in [1.165, 1.54) is 0 Å². The molecule has 14 heavy (non-hydrogen) atoms. The highest BCUT2D eigenvalue weighted by Crippen LogP contribution is 2.32. The molecular formula is C10H14Cl2N2. The number of halogens is 2. The number of nitrogens with two attached hydrogens (primary N) is 1. The quantitative estimate of drug-likeness (QED) is 0.754. The van der Waals surface area contributed by atoms with Crippen LogP contribution in [0.25, 0.3) is 0 Å². The van der Waals surface area contributed by atoms with Gasteiger partial charge in [-0.25, -0.2) is 4.98 Å². The summed E-state index contributed by atoms with van der Waals surface area (Å²) in [4.78, 5) is 3.87. The van der Waals surface area contributed by atoms with Crippen LogP contribution in [0.2, 0.25) is 10.3 Å². The number of nitrogens with zero attached hydrogens (tertiary/aromatic N) is 1. The Morgan fingerprint density at radius 3 is 2.00 bits per heavy atom. The maximum atomic E-state index is 6.06. The van der Waals surface area contributed by atoms with Crippen molar-refractivity contribution in [2.45, 2.75) is 26.8 Å². The van der Waals surface area contributed by atoms with E-state index in [0.29, 0.717) is 10.3 Å². The zero-order valence-corrected chi connectivity index (χ0v) is 10.0. The number of hydrogen-bond acceptors (Lipinski definition) is 2. The summed E-state index contributed by atoms with van der Waals surface area (Å²) >= 11 is 11.6. The lowest BCUT2D eigenvalue weighted by atomic mass is 9.83. The van der Waals surface area contributed by atoms with Gasteiger partial charge in [-0.15, -0.1) is 0 Å². The summed E-state index contributed by atoms with van der Waals surface area (Å²) in [6.07, 6.45) is 0. The molecule has 78 valence electrons. The third kappa shape index (κ3) is 2.84. The lowest BCUT2D eigenvalue weighted by Crippen LogP contribution is -2.26. The lowest BCUT2D eigenvalue weighted by Gasteiger charge is -2.27. The van der Waals surface area contributed by atoms with E-state index in [9.17, 15) is 0 Å². The fourth-order valence-electron chi connectivity index (χ4n) is 1.16. The first-order valence-corrected chi connectivity index (χ1v) is 5.15. The molecule has 0 aliphatic heterocycles. The molecule has 0 saturated heterocycles. The van der Waals surface area contributed by atoms with Crippen molar-refractivity contribution in [3.8, 4) is 0 Å². The maximum absolute atomic E-state index is 6.06. The summed E-state index contributed by atoms with van der Waals surface area (Å²) in [5.74, 6) is 0. The topological polar surface area (TPSA) is 38.9 Å². The molecule has 0 aliphatic carbocycles. The van der Waals surface area contributed by atoms with E-state index < -0.39 is 0 Å². The predicted octanol–water partition coefficient (Wildman–Crippen LogP) is 3.43. The molecule has 0 fully saturated rings. The highest BCUT2D eigenvalue weighted by molar-refractivity contribution is 6.32. The monoisotopic (exact) mass is 232 g/mol. The molecule has 1 atom stereocenters. The molecule has 0 bridgehead atoms. The SMILES string of the molecule is CC(C)(C)[C@@H](N)c1cc(Cl)nc(Cl)c1. The van der Waals surface area contributed by atoms with Crippen LogP contribution in [0.5, 0.6) is 0 Å². The normalized spacial score (nSPS) is 14.1. The molecule has 1 aromatic rings. The van der Waals surface area contributed by atoms with Gasteiger partial charge in [-0.1, -0.05) is 44.0 Å². The predicted molar refractivity (Wildman–Crippen MR) is 60.6 cm³/mol. The lowest BCUT2D eigenvalue weighted by molar-refractivity contribution is 0.327. The van der Waals surface area contributed by atoms with Crippen molar-refractivity contribution in [1.82, 2.24) is 4.98 Å². The van der Waals surface area contributed by atoms with Crippen molar-refractivity contribution < 1.29 is 0 Å². The van der Waals surface area contributed by atoms with Crippen molar-refractivity contribution in [3.05, 3.63) is 28.0 Å². The van der Waals surface area contributed by atoms with E-state index in [4.69, 9.17) is 28.9 Å². The Morgan fingerprint density at radius 2 is 1.64 bits per heavy atom. The largest absolute Gasteiger partial charge is 0.324 e. The van der Waals surface area contributed by atoms with Crippen molar-refractivity contribution in [3.63, 3.8) is 0 Å². The zero-order valence-electron chi connectivity index (χ0n) is 8.51. The Morgan fingerprint density at radius 1 is 1.21 bits per heavy atom. The Labute approximate surface area is 94.4 Å². The Balaban J connectivity index is 3.07. The molecule has 0 saturated carbocycles. The smallest absolute Gasteiger partial charge is 0.131 e. The first-order chi connectivity index (χ1) is 6.30. The maximum Gasteiger partial charge on any atom is 0.131 e. The van der Waals surface area contributed by atoms with Crippen LogP contribution in [0.15, 0.2) is 12.1 Å². The van der Waals surface area contributed by atoms with Crippen LogP contribution in [-0.2, 0) is 0 Å². The Kier molecular flexibility index (Phi) is 3.40. The van der Waals surface area contributed by atoms with E-state index >= 15 is 0 Å². The summed E-state index contributed by atoms with van der Waals surface area (Å²) in [6.45, 7) is 6.21. The highest BCUT2D eigenvalue weighted by Gasteiger charge is 2.22. The average molecular weight is 233 g/mol. The molecule has 0 unspecified atom stereocenters. The summed E-state index contributed by atoms with van der Waals surface area (Å²) < 4.78 is 0. The second-order valence-electron chi connectivity index (χ2n) is 4.39. The van der Waals surface area contributed by atoms with E-state index in [1.807, 2.05) is 0 Å². The Bertz CT molecular complexity index is 311. The second kappa shape index (κ2) is 4.05.